The van der Waals surface area contributed by atoms with Gasteiger partial charge in [0.25, 0.3) is 17.7 Å². The van der Waals surface area contributed by atoms with Crippen molar-refractivity contribution in [3.8, 4) is 0 Å². The van der Waals surface area contributed by atoms with Gasteiger partial charge >= 0.3 is 5.97 Å². The van der Waals surface area contributed by atoms with E-state index in [9.17, 15) is 24.0 Å². The number of fused-ring (bicyclic) bond motifs is 2. The molecular formula is C35H33N5O8. The molecule has 6 rings (SSSR count). The molecule has 246 valence electrons. The van der Waals surface area contributed by atoms with Gasteiger partial charge in [0.05, 0.1) is 30.9 Å². The maximum absolute atomic E-state index is 14.3. The second-order valence-corrected chi connectivity index (χ2v) is 11.3. The minimum atomic E-state index is -1.27. The van der Waals surface area contributed by atoms with Gasteiger partial charge < -0.3 is 29.7 Å². The van der Waals surface area contributed by atoms with E-state index in [1.54, 1.807) is 42.5 Å². The normalized spacial score (nSPS) is 19.0. The molecule has 1 fully saturated rings. The molecule has 2 aliphatic rings. The van der Waals surface area contributed by atoms with Gasteiger partial charge in [-0.15, -0.1) is 0 Å². The molecule has 0 spiro atoms. The number of amides is 4. The van der Waals surface area contributed by atoms with Crippen LogP contribution in [0, 0.1) is 0 Å². The van der Waals surface area contributed by atoms with Gasteiger partial charge in [-0.2, -0.15) is 0 Å². The number of esters is 1. The predicted octanol–water partition coefficient (Wildman–Crippen LogP) is 2.33. The van der Waals surface area contributed by atoms with Gasteiger partial charge in [-0.25, -0.2) is 0 Å². The van der Waals surface area contributed by atoms with Crippen molar-refractivity contribution in [2.45, 2.75) is 31.4 Å². The number of ether oxygens (including phenoxy) is 3. The zero-order chi connectivity index (χ0) is 33.6. The average molecular weight is 652 g/mol. The molecule has 13 heteroatoms. The van der Waals surface area contributed by atoms with Crippen LogP contribution < -0.4 is 20.4 Å². The Kier molecular flexibility index (Phi) is 9.69. The summed E-state index contributed by atoms with van der Waals surface area (Å²) in [6, 6.07) is 22.8. The van der Waals surface area contributed by atoms with Crippen LogP contribution in [0.2, 0.25) is 0 Å². The first-order chi connectivity index (χ1) is 23.3. The van der Waals surface area contributed by atoms with E-state index in [0.717, 1.165) is 10.9 Å². The van der Waals surface area contributed by atoms with Crippen LogP contribution in [0.1, 0.15) is 22.5 Å². The van der Waals surface area contributed by atoms with Crippen molar-refractivity contribution in [3.63, 3.8) is 0 Å². The Morgan fingerprint density at radius 1 is 0.917 bits per heavy atom. The van der Waals surface area contributed by atoms with E-state index in [2.05, 4.69) is 15.6 Å². The lowest BCUT2D eigenvalue weighted by molar-refractivity contribution is -0.168. The maximum atomic E-state index is 14.3. The van der Waals surface area contributed by atoms with E-state index in [1.165, 1.54) is 23.1 Å². The Morgan fingerprint density at radius 3 is 2.44 bits per heavy atom. The van der Waals surface area contributed by atoms with Crippen LogP contribution in [-0.2, 0) is 40.0 Å². The summed E-state index contributed by atoms with van der Waals surface area (Å²) < 4.78 is 16.2. The fraction of sp³-hybridized carbons (Fsp3) is 0.257. The van der Waals surface area contributed by atoms with Gasteiger partial charge in [0.2, 0.25) is 12.2 Å². The highest BCUT2D eigenvalue weighted by molar-refractivity contribution is 6.12. The van der Waals surface area contributed by atoms with Crippen molar-refractivity contribution in [3.05, 3.63) is 102 Å². The molecule has 1 aromatic heterocycles. The second kappa shape index (κ2) is 14.4. The monoisotopic (exact) mass is 651 g/mol. The summed E-state index contributed by atoms with van der Waals surface area (Å²) in [4.78, 5) is 73.8. The molecule has 4 aromatic rings. The van der Waals surface area contributed by atoms with Gasteiger partial charge in [0.1, 0.15) is 30.9 Å². The first-order valence-electron chi connectivity index (χ1n) is 15.3. The lowest BCUT2D eigenvalue weighted by atomic mass is 10.1. The Hall–Kier alpha value is -5.66. The smallest absolute Gasteiger partial charge is 0.310 e. The van der Waals surface area contributed by atoms with Crippen LogP contribution in [0.15, 0.2) is 91.1 Å². The Balaban J connectivity index is 1.26. The highest BCUT2D eigenvalue weighted by Gasteiger charge is 2.40. The molecule has 4 amide bonds. The molecule has 3 aromatic carbocycles. The summed E-state index contributed by atoms with van der Waals surface area (Å²) in [5.74, 6) is -2.85. The molecule has 0 saturated carbocycles. The maximum Gasteiger partial charge on any atom is 0.310 e. The van der Waals surface area contributed by atoms with Crippen molar-refractivity contribution in [1.82, 2.24) is 15.6 Å². The van der Waals surface area contributed by atoms with Crippen LogP contribution in [0.3, 0.4) is 0 Å². The van der Waals surface area contributed by atoms with E-state index < -0.39 is 54.5 Å². The van der Waals surface area contributed by atoms with Crippen molar-refractivity contribution < 1.29 is 38.2 Å². The number of carbonyl (C=O) groups excluding carboxylic acids is 5. The molecule has 13 nitrogen and oxygen atoms in total. The van der Waals surface area contributed by atoms with E-state index in [1.807, 2.05) is 42.5 Å². The van der Waals surface area contributed by atoms with Gasteiger partial charge in [-0.05, 0) is 29.1 Å². The number of nitrogens with zero attached hydrogens (tertiary/aromatic N) is 3. The Labute approximate surface area is 275 Å². The number of para-hydroxylation sites is 2. The summed E-state index contributed by atoms with van der Waals surface area (Å²) in [5.41, 5.74) is 1.59. The highest BCUT2D eigenvalue weighted by atomic mass is 16.7. The van der Waals surface area contributed by atoms with E-state index >= 15 is 0 Å². The quantitative estimate of drug-likeness (QED) is 0.246. The van der Waals surface area contributed by atoms with Crippen molar-refractivity contribution in [1.29, 1.82) is 0 Å². The molecule has 2 N–H and O–H groups in total. The zero-order valence-electron chi connectivity index (χ0n) is 26.0. The minimum absolute atomic E-state index is 0.106. The lowest BCUT2D eigenvalue weighted by Crippen LogP contribution is -2.55. The van der Waals surface area contributed by atoms with E-state index in [0.29, 0.717) is 11.1 Å². The summed E-state index contributed by atoms with van der Waals surface area (Å²) in [6.45, 7) is -0.847. The Morgan fingerprint density at radius 2 is 1.65 bits per heavy atom. The van der Waals surface area contributed by atoms with E-state index in [-0.39, 0.29) is 37.6 Å². The van der Waals surface area contributed by atoms with Crippen molar-refractivity contribution in [2.24, 2.45) is 0 Å². The fourth-order valence-electron chi connectivity index (χ4n) is 5.78. The number of nitrogens with one attached hydrogen (secondary N) is 2. The van der Waals surface area contributed by atoms with Crippen LogP contribution >= 0.6 is 0 Å². The molecule has 0 aliphatic carbocycles. The third kappa shape index (κ3) is 7.01. The number of hydrogen-bond acceptors (Lipinski definition) is 9. The molecule has 3 heterocycles. The predicted molar refractivity (Wildman–Crippen MR) is 174 cm³/mol. The largest absolute Gasteiger partial charge is 0.433 e. The van der Waals surface area contributed by atoms with Crippen molar-refractivity contribution >= 4 is 51.7 Å². The van der Waals surface area contributed by atoms with Gasteiger partial charge in [0, 0.05) is 18.7 Å². The third-order valence-corrected chi connectivity index (χ3v) is 8.02. The first-order valence-corrected chi connectivity index (χ1v) is 15.3. The fourth-order valence-corrected chi connectivity index (χ4v) is 5.78. The Bertz CT molecular complexity index is 1850. The molecular weight excluding hydrogens is 618 g/mol. The topological polar surface area (TPSA) is 156 Å². The molecule has 1 unspecified atom stereocenters. The zero-order valence-corrected chi connectivity index (χ0v) is 26.0. The van der Waals surface area contributed by atoms with Gasteiger partial charge in [-0.3, -0.25) is 33.9 Å². The number of rotatable bonds is 10. The number of cyclic esters (lactones) is 1. The van der Waals surface area contributed by atoms with E-state index in [4.69, 9.17) is 14.2 Å². The lowest BCUT2D eigenvalue weighted by Gasteiger charge is -2.26. The van der Waals surface area contributed by atoms with Crippen LogP contribution in [0.5, 0.6) is 0 Å². The van der Waals surface area contributed by atoms with Gasteiger partial charge in [-0.1, -0.05) is 66.7 Å². The summed E-state index contributed by atoms with van der Waals surface area (Å²) in [5, 5.41) is 6.90. The number of pyridine rings is 1. The number of carbonyl (C=O) groups is 5. The highest BCUT2D eigenvalue weighted by Crippen LogP contribution is 2.33. The number of methoxy groups -OCH3 is 1. The number of aromatic nitrogens is 1. The average Bonchev–Trinajstić information content (AvgIpc) is 3.40. The third-order valence-electron chi connectivity index (χ3n) is 8.02. The van der Waals surface area contributed by atoms with Crippen LogP contribution in [0.4, 0.5) is 11.4 Å². The molecule has 48 heavy (non-hydrogen) atoms. The number of hydrogen-bond donors (Lipinski definition) is 2. The molecule has 0 radical (unpaired) electrons. The molecule has 3 atom stereocenters. The summed E-state index contributed by atoms with van der Waals surface area (Å²) >= 11 is 0. The molecule has 0 bridgehead atoms. The first kappa shape index (κ1) is 32.3. The van der Waals surface area contributed by atoms with Crippen LogP contribution in [-0.4, -0.2) is 79.8 Å². The number of benzene rings is 3. The van der Waals surface area contributed by atoms with Gasteiger partial charge in [0.15, 0.2) is 0 Å². The standard InChI is InChI=1S/C35H33N5O8/c1-46-21-30(42)39-18-26(38-33(44)32-24-12-6-5-11-23(24)15-16-36-32)34(45)40(28-14-8-7-13-27(28)39)19-29(41)37-25-17-31(43)48-35(25)47-20-22-9-3-2-4-10-22/h2-16,25-26,35H,17-21H2,1H3,(H,37,41)(H,38,44)/t25-,26-,35?/m0/s1. The molecule has 2 aliphatic heterocycles. The SMILES string of the molecule is COCC(=O)N1C[C@H](NC(=O)c2nccc3ccccc23)C(=O)N(CC(=O)N[C@H]2CC(=O)OC2OCc2ccccc2)c2ccccc21. The van der Waals surface area contributed by atoms with Crippen molar-refractivity contribution in [2.75, 3.05) is 36.6 Å². The van der Waals surface area contributed by atoms with Crippen LogP contribution in [0.25, 0.3) is 10.8 Å². The second-order valence-electron chi connectivity index (χ2n) is 11.3. The number of anilines is 2. The summed E-state index contributed by atoms with van der Waals surface area (Å²) in [6.07, 6.45) is 0.351. The minimum Gasteiger partial charge on any atom is -0.433 e. The summed E-state index contributed by atoms with van der Waals surface area (Å²) in [7, 11) is 1.38. The molecule has 1 saturated heterocycles.